The number of benzene rings is 1. The van der Waals surface area contributed by atoms with Crippen molar-refractivity contribution >= 4 is 22.9 Å². The average molecular weight is 493 g/mol. The highest BCUT2D eigenvalue weighted by Crippen LogP contribution is 2.29. The fraction of sp³-hybridized carbons (Fsp3) is 0.308. The minimum absolute atomic E-state index is 0.0141. The number of fused-ring (bicyclic) bond motifs is 1. The van der Waals surface area contributed by atoms with Gasteiger partial charge in [-0.2, -0.15) is 5.10 Å². The molecular weight excluding hydrogens is 464 g/mol. The minimum atomic E-state index is -0.548. The molecule has 36 heavy (non-hydrogen) atoms. The van der Waals surface area contributed by atoms with Crippen LogP contribution in [0.15, 0.2) is 53.3 Å². The Hall–Kier alpha value is -4.34. The van der Waals surface area contributed by atoms with Gasteiger partial charge in [0.2, 0.25) is 0 Å². The second-order valence-corrected chi connectivity index (χ2v) is 8.41. The van der Waals surface area contributed by atoms with Crippen molar-refractivity contribution < 1.29 is 28.2 Å². The number of nitrogens with zero attached hydrogens (tertiary/aromatic N) is 4. The summed E-state index contributed by atoms with van der Waals surface area (Å²) in [5.74, 6) is 0.719. The van der Waals surface area contributed by atoms with Crippen molar-refractivity contribution in [2.45, 2.75) is 26.4 Å². The van der Waals surface area contributed by atoms with Crippen LogP contribution < -0.4 is 9.47 Å². The van der Waals surface area contributed by atoms with E-state index in [0.717, 1.165) is 5.56 Å². The number of esters is 1. The van der Waals surface area contributed by atoms with Crippen LogP contribution in [0.3, 0.4) is 0 Å². The zero-order valence-electron chi connectivity index (χ0n) is 20.8. The van der Waals surface area contributed by atoms with Crippen molar-refractivity contribution in [2.24, 2.45) is 0 Å². The number of carbonyl (C=O) groups excluding carboxylic acids is 2. The van der Waals surface area contributed by atoms with Crippen molar-refractivity contribution in [3.8, 4) is 23.0 Å². The highest BCUT2D eigenvalue weighted by atomic mass is 16.5. The Balaban J connectivity index is 1.82. The summed E-state index contributed by atoms with van der Waals surface area (Å²) in [6.07, 6.45) is 3.16. The lowest BCUT2D eigenvalue weighted by molar-refractivity contribution is -0.141. The summed E-state index contributed by atoms with van der Waals surface area (Å²) < 4.78 is 22.9. The van der Waals surface area contributed by atoms with Gasteiger partial charge >= 0.3 is 5.97 Å². The van der Waals surface area contributed by atoms with Crippen LogP contribution in [0.5, 0.6) is 11.5 Å². The lowest BCUT2D eigenvalue weighted by Gasteiger charge is -2.23. The summed E-state index contributed by atoms with van der Waals surface area (Å²) >= 11 is 0. The molecule has 1 amide bonds. The number of amides is 1. The Labute approximate surface area is 208 Å². The third kappa shape index (κ3) is 5.02. The van der Waals surface area contributed by atoms with Crippen LogP contribution >= 0.6 is 0 Å². The van der Waals surface area contributed by atoms with E-state index in [4.69, 9.17) is 23.6 Å². The molecule has 0 saturated heterocycles. The predicted molar refractivity (Wildman–Crippen MR) is 132 cm³/mol. The van der Waals surface area contributed by atoms with Crippen molar-refractivity contribution in [1.82, 2.24) is 19.7 Å². The van der Waals surface area contributed by atoms with E-state index < -0.39 is 5.97 Å². The van der Waals surface area contributed by atoms with Gasteiger partial charge in [0.05, 0.1) is 44.7 Å². The molecule has 0 aliphatic heterocycles. The Morgan fingerprint density at radius 3 is 2.39 bits per heavy atom. The molecule has 0 saturated carbocycles. The van der Waals surface area contributed by atoms with Gasteiger partial charge < -0.3 is 23.5 Å². The fourth-order valence-electron chi connectivity index (χ4n) is 3.89. The summed E-state index contributed by atoms with van der Waals surface area (Å²) in [6, 6.07) is 10.5. The first kappa shape index (κ1) is 24.8. The Bertz CT molecular complexity index is 1350. The van der Waals surface area contributed by atoms with E-state index in [1.807, 2.05) is 13.8 Å². The largest absolute Gasteiger partial charge is 0.497 e. The van der Waals surface area contributed by atoms with Crippen LogP contribution in [-0.4, -0.2) is 59.4 Å². The van der Waals surface area contributed by atoms with Gasteiger partial charge in [-0.15, -0.1) is 0 Å². The van der Waals surface area contributed by atoms with Gasteiger partial charge in [0.25, 0.3) is 5.91 Å². The summed E-state index contributed by atoms with van der Waals surface area (Å²) in [5.41, 5.74) is 2.09. The molecule has 0 bridgehead atoms. The van der Waals surface area contributed by atoms with Gasteiger partial charge in [0.1, 0.15) is 23.7 Å². The van der Waals surface area contributed by atoms with Crippen LogP contribution in [0.25, 0.3) is 22.5 Å². The smallest absolute Gasteiger partial charge is 0.325 e. The zero-order chi connectivity index (χ0) is 25.8. The second kappa shape index (κ2) is 10.5. The van der Waals surface area contributed by atoms with Crippen molar-refractivity contribution in [2.75, 3.05) is 27.9 Å². The molecule has 0 fully saturated rings. The Morgan fingerprint density at radius 1 is 1.08 bits per heavy atom. The van der Waals surface area contributed by atoms with E-state index in [2.05, 4.69) is 5.10 Å². The maximum absolute atomic E-state index is 14.0. The number of hydrogen-bond acceptors (Lipinski definition) is 8. The van der Waals surface area contributed by atoms with Crippen LogP contribution in [0, 0.1) is 0 Å². The molecule has 10 heteroatoms. The number of methoxy groups -OCH3 is 3. The zero-order valence-corrected chi connectivity index (χ0v) is 20.8. The highest BCUT2D eigenvalue weighted by molar-refractivity contribution is 6.07. The van der Waals surface area contributed by atoms with Gasteiger partial charge in [0.15, 0.2) is 11.4 Å². The summed E-state index contributed by atoms with van der Waals surface area (Å²) in [5, 5.41) is 5.03. The number of pyridine rings is 1. The normalized spacial score (nSPS) is 11.1. The first-order chi connectivity index (χ1) is 17.3. The van der Waals surface area contributed by atoms with E-state index in [9.17, 15) is 9.59 Å². The molecule has 188 valence electrons. The van der Waals surface area contributed by atoms with Gasteiger partial charge in [-0.05, 0) is 49.7 Å². The van der Waals surface area contributed by atoms with Gasteiger partial charge in [0, 0.05) is 18.7 Å². The number of furan rings is 1. The minimum Gasteiger partial charge on any atom is -0.497 e. The molecule has 0 radical (unpaired) electrons. The fourth-order valence-corrected chi connectivity index (χ4v) is 3.89. The van der Waals surface area contributed by atoms with Gasteiger partial charge in [-0.25, -0.2) is 9.67 Å². The van der Waals surface area contributed by atoms with E-state index in [1.54, 1.807) is 67.8 Å². The Kier molecular flexibility index (Phi) is 7.23. The SMILES string of the molecule is COC(=O)CN(Cc1cc(OC)cc(OC)c1)C(=O)c1cc(-c2ccco2)nc2c1cnn2C(C)C. The molecule has 1 aromatic carbocycles. The van der Waals surface area contributed by atoms with Crippen LogP contribution in [-0.2, 0) is 16.1 Å². The summed E-state index contributed by atoms with van der Waals surface area (Å²) in [4.78, 5) is 32.4. The lowest BCUT2D eigenvalue weighted by atomic mass is 10.1. The summed E-state index contributed by atoms with van der Waals surface area (Å²) in [7, 11) is 4.38. The van der Waals surface area contributed by atoms with E-state index >= 15 is 0 Å². The van der Waals surface area contributed by atoms with Crippen molar-refractivity contribution in [3.05, 3.63) is 60.0 Å². The molecular formula is C26H28N4O6. The number of hydrogen-bond donors (Lipinski definition) is 0. The van der Waals surface area contributed by atoms with Crippen LogP contribution in [0.2, 0.25) is 0 Å². The van der Waals surface area contributed by atoms with E-state index in [-0.39, 0.29) is 25.0 Å². The molecule has 4 rings (SSSR count). The topological polar surface area (TPSA) is 109 Å². The highest BCUT2D eigenvalue weighted by Gasteiger charge is 2.25. The standard InChI is InChI=1S/C26H28N4O6/c1-16(2)30-25-21(13-27-30)20(12-22(28-25)23-7-6-8-36-23)26(32)29(15-24(31)35-5)14-17-9-18(33-3)11-19(10-17)34-4/h6-13,16H,14-15H2,1-5H3. The third-order valence-corrected chi connectivity index (χ3v) is 5.68. The van der Waals surface area contributed by atoms with Crippen LogP contribution in [0.1, 0.15) is 35.8 Å². The molecule has 0 spiro atoms. The summed E-state index contributed by atoms with van der Waals surface area (Å²) in [6.45, 7) is 3.82. The first-order valence-electron chi connectivity index (χ1n) is 11.3. The van der Waals surface area contributed by atoms with E-state index in [0.29, 0.717) is 39.6 Å². The molecule has 4 aromatic rings. The average Bonchev–Trinajstić information content (AvgIpc) is 3.57. The first-order valence-corrected chi connectivity index (χ1v) is 11.3. The molecule has 0 atom stereocenters. The van der Waals surface area contributed by atoms with Gasteiger partial charge in [-0.3, -0.25) is 9.59 Å². The van der Waals surface area contributed by atoms with Gasteiger partial charge in [-0.1, -0.05) is 0 Å². The molecule has 0 N–H and O–H groups in total. The second-order valence-electron chi connectivity index (χ2n) is 8.41. The maximum atomic E-state index is 14.0. The Morgan fingerprint density at radius 2 is 1.81 bits per heavy atom. The number of ether oxygens (including phenoxy) is 3. The quantitative estimate of drug-likeness (QED) is 0.321. The third-order valence-electron chi connectivity index (χ3n) is 5.68. The maximum Gasteiger partial charge on any atom is 0.325 e. The van der Waals surface area contributed by atoms with Crippen LogP contribution in [0.4, 0.5) is 0 Å². The predicted octanol–water partition coefficient (Wildman–Crippen LogP) is 4.10. The number of carbonyl (C=O) groups is 2. The van der Waals surface area contributed by atoms with Crippen molar-refractivity contribution in [1.29, 1.82) is 0 Å². The number of rotatable bonds is 9. The molecule has 0 aliphatic rings. The molecule has 3 heterocycles. The van der Waals surface area contributed by atoms with Crippen molar-refractivity contribution in [3.63, 3.8) is 0 Å². The monoisotopic (exact) mass is 492 g/mol. The lowest BCUT2D eigenvalue weighted by Crippen LogP contribution is -2.36. The molecule has 3 aromatic heterocycles. The van der Waals surface area contributed by atoms with E-state index in [1.165, 1.54) is 12.0 Å². The number of aromatic nitrogens is 3. The molecule has 0 unspecified atom stereocenters. The molecule has 10 nitrogen and oxygen atoms in total. The molecule has 0 aliphatic carbocycles.